The van der Waals surface area contributed by atoms with Crippen LogP contribution in [-0.4, -0.2) is 22.6 Å². The monoisotopic (exact) mass is 316 g/mol. The van der Waals surface area contributed by atoms with Gasteiger partial charge in [0.15, 0.2) is 5.69 Å². The van der Waals surface area contributed by atoms with Gasteiger partial charge in [-0.2, -0.15) is 0 Å². The van der Waals surface area contributed by atoms with Crippen LogP contribution in [-0.2, 0) is 6.42 Å². The second kappa shape index (κ2) is 6.23. The average molecular weight is 317 g/mol. The van der Waals surface area contributed by atoms with Crippen LogP contribution in [0.2, 0.25) is 9.36 Å². The fraction of sp³-hybridized carbons (Fsp3) is 0.167. The van der Waals surface area contributed by atoms with Crippen LogP contribution < -0.4 is 5.32 Å². The first-order chi connectivity index (χ1) is 9.06. The van der Waals surface area contributed by atoms with Gasteiger partial charge in [-0.3, -0.25) is 0 Å². The van der Waals surface area contributed by atoms with Crippen molar-refractivity contribution < 1.29 is 9.90 Å². The van der Waals surface area contributed by atoms with Crippen molar-refractivity contribution >= 4 is 46.3 Å². The molecular formula is C12H10Cl2N2O2S. The van der Waals surface area contributed by atoms with Gasteiger partial charge in [-0.1, -0.05) is 23.2 Å². The summed E-state index contributed by atoms with van der Waals surface area (Å²) in [7, 11) is 0. The number of carbonyl (C=O) groups is 1. The number of rotatable bonds is 5. The summed E-state index contributed by atoms with van der Waals surface area (Å²) in [6.07, 6.45) is 0.796. The molecule has 2 aromatic rings. The Kier molecular flexibility index (Phi) is 4.63. The summed E-state index contributed by atoms with van der Waals surface area (Å²) in [5, 5.41) is 12.1. The van der Waals surface area contributed by atoms with Crippen molar-refractivity contribution in [1.29, 1.82) is 0 Å². The minimum absolute atomic E-state index is 0.128. The van der Waals surface area contributed by atoms with E-state index in [2.05, 4.69) is 10.3 Å². The maximum Gasteiger partial charge on any atom is 0.356 e. The Morgan fingerprint density at radius 3 is 2.74 bits per heavy atom. The molecule has 2 heterocycles. The third-order valence-corrected chi connectivity index (χ3v) is 3.95. The molecule has 0 amide bonds. The highest BCUT2D eigenvalue weighted by molar-refractivity contribution is 7.16. The van der Waals surface area contributed by atoms with Crippen molar-refractivity contribution in [3.63, 3.8) is 0 Å². The summed E-state index contributed by atoms with van der Waals surface area (Å²) in [4.78, 5) is 16.0. The van der Waals surface area contributed by atoms with Crippen molar-refractivity contribution in [2.75, 3.05) is 11.9 Å². The summed E-state index contributed by atoms with van der Waals surface area (Å²) in [5.41, 5.74) is -0.147. The Bertz CT molecular complexity index is 601. The van der Waals surface area contributed by atoms with Gasteiger partial charge in [0, 0.05) is 11.4 Å². The van der Waals surface area contributed by atoms with E-state index in [-0.39, 0.29) is 10.7 Å². The molecule has 0 aromatic carbocycles. The molecule has 4 nitrogen and oxygen atoms in total. The molecule has 0 aliphatic rings. The van der Waals surface area contributed by atoms with Gasteiger partial charge in [0.1, 0.15) is 5.82 Å². The second-order valence-electron chi connectivity index (χ2n) is 3.71. The first-order valence-corrected chi connectivity index (χ1v) is 7.01. The molecule has 0 aliphatic heterocycles. The number of halogens is 2. The predicted octanol–water partition coefficient (Wildman–Crippen LogP) is 3.80. The summed E-state index contributed by atoms with van der Waals surface area (Å²) in [6, 6.07) is 6.98. The molecule has 2 N–H and O–H groups in total. The number of hydrogen-bond donors (Lipinski definition) is 2. The van der Waals surface area contributed by atoms with E-state index in [0.717, 1.165) is 15.6 Å². The van der Waals surface area contributed by atoms with E-state index in [1.165, 1.54) is 17.4 Å². The number of thiophene rings is 1. The Labute approximate surface area is 124 Å². The molecule has 0 saturated heterocycles. The van der Waals surface area contributed by atoms with E-state index in [4.69, 9.17) is 28.3 Å². The van der Waals surface area contributed by atoms with Gasteiger partial charge in [-0.25, -0.2) is 9.78 Å². The molecule has 0 saturated carbocycles. The fourth-order valence-electron chi connectivity index (χ4n) is 1.49. The number of carboxylic acids is 1. The van der Waals surface area contributed by atoms with Gasteiger partial charge in [-0.05, 0) is 30.7 Å². The van der Waals surface area contributed by atoms with Crippen LogP contribution in [0.4, 0.5) is 5.82 Å². The Hall–Kier alpha value is -1.30. The molecule has 0 radical (unpaired) electrons. The van der Waals surface area contributed by atoms with E-state index in [9.17, 15) is 4.79 Å². The Morgan fingerprint density at radius 2 is 2.11 bits per heavy atom. The third-order valence-electron chi connectivity index (χ3n) is 2.35. The minimum atomic E-state index is -1.14. The van der Waals surface area contributed by atoms with Crippen LogP contribution in [0.25, 0.3) is 0 Å². The van der Waals surface area contributed by atoms with Gasteiger partial charge < -0.3 is 10.4 Å². The van der Waals surface area contributed by atoms with Crippen molar-refractivity contribution in [2.45, 2.75) is 6.42 Å². The zero-order chi connectivity index (χ0) is 13.8. The molecule has 7 heteroatoms. The lowest BCUT2D eigenvalue weighted by molar-refractivity contribution is 0.0691. The highest BCUT2D eigenvalue weighted by Gasteiger charge is 2.11. The first kappa shape index (κ1) is 14.1. The highest BCUT2D eigenvalue weighted by Crippen LogP contribution is 2.22. The van der Waals surface area contributed by atoms with Crippen LogP contribution >= 0.6 is 34.5 Å². The summed E-state index contributed by atoms with van der Waals surface area (Å²) in [6.45, 7) is 0.643. The van der Waals surface area contributed by atoms with Gasteiger partial charge in [0.25, 0.3) is 0 Å². The van der Waals surface area contributed by atoms with Crippen LogP contribution in [0, 0.1) is 0 Å². The number of anilines is 1. The fourth-order valence-corrected chi connectivity index (χ4v) is 2.76. The molecule has 0 spiro atoms. The van der Waals surface area contributed by atoms with Crippen LogP contribution in [0.5, 0.6) is 0 Å². The quantitative estimate of drug-likeness (QED) is 0.880. The van der Waals surface area contributed by atoms with Gasteiger partial charge in [-0.15, -0.1) is 11.3 Å². The molecule has 19 heavy (non-hydrogen) atoms. The van der Waals surface area contributed by atoms with Gasteiger partial charge in [0.05, 0.1) is 9.36 Å². The number of pyridine rings is 1. The molecule has 0 atom stereocenters. The summed E-state index contributed by atoms with van der Waals surface area (Å²) < 4.78 is 0.757. The lowest BCUT2D eigenvalue weighted by atomic mass is 10.3. The van der Waals surface area contributed by atoms with E-state index >= 15 is 0 Å². The van der Waals surface area contributed by atoms with Crippen LogP contribution in [0.1, 0.15) is 15.4 Å². The maximum atomic E-state index is 10.9. The number of nitrogens with one attached hydrogen (secondary N) is 1. The average Bonchev–Trinajstić information content (AvgIpc) is 2.77. The molecular weight excluding hydrogens is 307 g/mol. The number of hydrogen-bond acceptors (Lipinski definition) is 4. The first-order valence-electron chi connectivity index (χ1n) is 5.44. The summed E-state index contributed by atoms with van der Waals surface area (Å²) >= 11 is 13.1. The largest absolute Gasteiger partial charge is 0.476 e. The smallest absolute Gasteiger partial charge is 0.356 e. The molecule has 0 bridgehead atoms. The molecule has 0 unspecified atom stereocenters. The van der Waals surface area contributed by atoms with Crippen molar-refractivity contribution in [3.05, 3.63) is 44.2 Å². The SMILES string of the molecule is O=C(O)c1nc(NCCc2ccc(Cl)s2)ccc1Cl. The minimum Gasteiger partial charge on any atom is -0.476 e. The van der Waals surface area contributed by atoms with E-state index in [0.29, 0.717) is 12.4 Å². The second-order valence-corrected chi connectivity index (χ2v) is 5.92. The lowest BCUT2D eigenvalue weighted by Gasteiger charge is -2.06. The van der Waals surface area contributed by atoms with Crippen LogP contribution in [0.15, 0.2) is 24.3 Å². The number of aromatic nitrogens is 1. The zero-order valence-corrected chi connectivity index (χ0v) is 12.0. The predicted molar refractivity (Wildman–Crippen MR) is 77.7 cm³/mol. The standard InChI is InChI=1S/C12H10Cl2N2O2S/c13-8-2-4-10(16-11(8)12(17)18)15-6-5-7-1-3-9(14)19-7/h1-4H,5-6H2,(H,15,16)(H,17,18). The maximum absolute atomic E-state index is 10.9. The topological polar surface area (TPSA) is 62.2 Å². The molecule has 100 valence electrons. The van der Waals surface area contributed by atoms with Crippen molar-refractivity contribution in [2.24, 2.45) is 0 Å². The van der Waals surface area contributed by atoms with Gasteiger partial charge >= 0.3 is 5.97 Å². The van der Waals surface area contributed by atoms with E-state index in [1.807, 2.05) is 12.1 Å². The van der Waals surface area contributed by atoms with E-state index in [1.54, 1.807) is 6.07 Å². The van der Waals surface area contributed by atoms with E-state index < -0.39 is 5.97 Å². The highest BCUT2D eigenvalue weighted by atomic mass is 35.5. The van der Waals surface area contributed by atoms with Gasteiger partial charge in [0.2, 0.25) is 0 Å². The number of carboxylic acid groups (broad SMARTS) is 1. The molecule has 0 fully saturated rings. The zero-order valence-electron chi connectivity index (χ0n) is 9.69. The Balaban J connectivity index is 1.96. The summed E-state index contributed by atoms with van der Waals surface area (Å²) in [5.74, 6) is -0.650. The number of aromatic carboxylic acids is 1. The van der Waals surface area contributed by atoms with Crippen LogP contribution in [0.3, 0.4) is 0 Å². The van der Waals surface area contributed by atoms with Crippen molar-refractivity contribution in [1.82, 2.24) is 4.98 Å². The molecule has 2 aromatic heterocycles. The third kappa shape index (κ3) is 3.83. The van der Waals surface area contributed by atoms with Crippen molar-refractivity contribution in [3.8, 4) is 0 Å². The molecule has 2 rings (SSSR count). The normalized spacial score (nSPS) is 10.4. The Morgan fingerprint density at radius 1 is 1.32 bits per heavy atom. The lowest BCUT2D eigenvalue weighted by Crippen LogP contribution is -2.08. The number of nitrogens with zero attached hydrogens (tertiary/aromatic N) is 1. The molecule has 0 aliphatic carbocycles.